The van der Waals surface area contributed by atoms with Crippen molar-refractivity contribution in [1.82, 2.24) is 16.0 Å². The Morgan fingerprint density at radius 1 is 1.03 bits per heavy atom. The Hall–Kier alpha value is -2.92. The molecule has 0 aromatic heterocycles. The molecule has 0 radical (unpaired) electrons. The molecule has 3 N–H and O–H groups in total. The fourth-order valence-corrected chi connectivity index (χ4v) is 6.31. The minimum atomic E-state index is -4.58. The standard InChI is InChI=1S/C26H32F3N3O4S/c1-17(2)31-23-12-11-21(14-19(23)16-37(35,36)22-9-4-3-5-10-22)32-24(33)15-30-25(34)18-7-6-8-20(13-18)26(27,28)29/h3-10,13,17,19,21,23,31H,11-12,14-16H2,1-2H3,(H,30,34)(H,32,33)/t19?,21?,23-/m0/s1. The number of alkyl halides is 3. The number of nitrogens with one attached hydrogen (secondary N) is 3. The summed E-state index contributed by atoms with van der Waals surface area (Å²) in [6.07, 6.45) is -2.86. The average Bonchev–Trinajstić information content (AvgIpc) is 2.84. The second kappa shape index (κ2) is 12.1. The van der Waals surface area contributed by atoms with Crippen LogP contribution in [0.1, 0.15) is 49.0 Å². The van der Waals surface area contributed by atoms with Gasteiger partial charge in [-0.1, -0.05) is 38.1 Å². The van der Waals surface area contributed by atoms with E-state index >= 15 is 0 Å². The van der Waals surface area contributed by atoms with Crippen molar-refractivity contribution in [1.29, 1.82) is 0 Å². The summed E-state index contributed by atoms with van der Waals surface area (Å²) >= 11 is 0. The lowest BCUT2D eigenvalue weighted by Crippen LogP contribution is -2.51. The lowest BCUT2D eigenvalue weighted by atomic mass is 9.82. The summed E-state index contributed by atoms with van der Waals surface area (Å²) < 4.78 is 64.7. The van der Waals surface area contributed by atoms with E-state index in [-0.39, 0.29) is 40.3 Å². The van der Waals surface area contributed by atoms with Gasteiger partial charge in [0, 0.05) is 23.7 Å². The first kappa shape index (κ1) is 28.6. The molecule has 3 rings (SSSR count). The van der Waals surface area contributed by atoms with Crippen LogP contribution in [0.2, 0.25) is 0 Å². The minimum absolute atomic E-state index is 0.0350. The SMILES string of the molecule is CC(C)N[C@H]1CCC(NC(=O)CNC(=O)c2cccc(C(F)(F)F)c2)CC1CS(=O)(=O)c1ccccc1. The van der Waals surface area contributed by atoms with Crippen LogP contribution < -0.4 is 16.0 Å². The topological polar surface area (TPSA) is 104 Å². The zero-order chi connectivity index (χ0) is 27.2. The van der Waals surface area contributed by atoms with Crippen molar-refractivity contribution in [3.8, 4) is 0 Å². The normalized spacial score (nSPS) is 20.4. The fourth-order valence-electron chi connectivity index (χ4n) is 4.61. The van der Waals surface area contributed by atoms with Crippen LogP contribution in [0.15, 0.2) is 59.5 Å². The Kier molecular flexibility index (Phi) is 9.36. The molecule has 7 nitrogen and oxygen atoms in total. The van der Waals surface area contributed by atoms with Crippen LogP contribution in [0.4, 0.5) is 13.2 Å². The van der Waals surface area contributed by atoms with E-state index in [4.69, 9.17) is 0 Å². The molecule has 0 saturated heterocycles. The molecule has 37 heavy (non-hydrogen) atoms. The molecule has 11 heteroatoms. The highest BCUT2D eigenvalue weighted by molar-refractivity contribution is 7.91. The van der Waals surface area contributed by atoms with Crippen molar-refractivity contribution in [3.63, 3.8) is 0 Å². The highest BCUT2D eigenvalue weighted by atomic mass is 32.2. The number of hydrogen-bond donors (Lipinski definition) is 3. The molecule has 0 spiro atoms. The van der Waals surface area contributed by atoms with Gasteiger partial charge in [-0.05, 0) is 55.5 Å². The monoisotopic (exact) mass is 539 g/mol. The van der Waals surface area contributed by atoms with Gasteiger partial charge in [0.15, 0.2) is 9.84 Å². The number of halogens is 3. The van der Waals surface area contributed by atoms with Crippen LogP contribution >= 0.6 is 0 Å². The van der Waals surface area contributed by atoms with Crippen molar-refractivity contribution in [3.05, 3.63) is 65.7 Å². The molecule has 2 aromatic rings. The van der Waals surface area contributed by atoms with Crippen molar-refractivity contribution in [2.45, 2.75) is 62.3 Å². The highest BCUT2D eigenvalue weighted by Gasteiger charge is 2.35. The van der Waals surface area contributed by atoms with Gasteiger partial charge in [0.1, 0.15) is 0 Å². The Morgan fingerprint density at radius 2 is 1.73 bits per heavy atom. The maximum atomic E-state index is 13.0. The molecular weight excluding hydrogens is 507 g/mol. The Labute approximate surface area is 215 Å². The summed E-state index contributed by atoms with van der Waals surface area (Å²) in [6.45, 7) is 3.57. The number of amides is 2. The van der Waals surface area contributed by atoms with Gasteiger partial charge in [-0.15, -0.1) is 0 Å². The first-order valence-electron chi connectivity index (χ1n) is 12.1. The van der Waals surface area contributed by atoms with Crippen molar-refractivity contribution >= 4 is 21.7 Å². The quantitative estimate of drug-likeness (QED) is 0.452. The molecule has 1 fully saturated rings. The van der Waals surface area contributed by atoms with Gasteiger partial charge >= 0.3 is 6.18 Å². The molecule has 1 saturated carbocycles. The number of carbonyl (C=O) groups is 2. The van der Waals surface area contributed by atoms with Crippen molar-refractivity contribution < 1.29 is 31.2 Å². The van der Waals surface area contributed by atoms with E-state index in [9.17, 15) is 31.2 Å². The number of carbonyl (C=O) groups excluding carboxylic acids is 2. The molecule has 0 aliphatic heterocycles. The molecule has 2 amide bonds. The molecule has 0 bridgehead atoms. The first-order chi connectivity index (χ1) is 17.3. The van der Waals surface area contributed by atoms with Crippen LogP contribution in [0.5, 0.6) is 0 Å². The van der Waals surface area contributed by atoms with Crippen LogP contribution in [-0.2, 0) is 20.8 Å². The average molecular weight is 540 g/mol. The van der Waals surface area contributed by atoms with Crippen LogP contribution in [0, 0.1) is 5.92 Å². The number of rotatable bonds is 9. The van der Waals surface area contributed by atoms with E-state index in [0.717, 1.165) is 18.2 Å². The van der Waals surface area contributed by atoms with E-state index in [1.54, 1.807) is 30.3 Å². The van der Waals surface area contributed by atoms with Crippen molar-refractivity contribution in [2.75, 3.05) is 12.3 Å². The number of hydrogen-bond acceptors (Lipinski definition) is 5. The van der Waals surface area contributed by atoms with Gasteiger partial charge in [0.25, 0.3) is 5.91 Å². The lowest BCUT2D eigenvalue weighted by molar-refractivity contribution is -0.137. The minimum Gasteiger partial charge on any atom is -0.352 e. The van der Waals surface area contributed by atoms with Gasteiger partial charge in [0.2, 0.25) is 5.91 Å². The fraction of sp³-hybridized carbons (Fsp3) is 0.462. The molecule has 2 aromatic carbocycles. The molecule has 0 heterocycles. The van der Waals surface area contributed by atoms with E-state index in [2.05, 4.69) is 16.0 Å². The van der Waals surface area contributed by atoms with Crippen LogP contribution in [-0.4, -0.2) is 50.7 Å². The van der Waals surface area contributed by atoms with Crippen LogP contribution in [0.3, 0.4) is 0 Å². The van der Waals surface area contributed by atoms with E-state index in [0.29, 0.717) is 19.3 Å². The van der Waals surface area contributed by atoms with Gasteiger partial charge < -0.3 is 16.0 Å². The third-order valence-electron chi connectivity index (χ3n) is 6.29. The summed E-state index contributed by atoms with van der Waals surface area (Å²) in [7, 11) is -3.54. The molecular formula is C26H32F3N3O4S. The second-order valence-electron chi connectivity index (χ2n) is 9.62. The Bertz CT molecular complexity index is 1190. The zero-order valence-electron chi connectivity index (χ0n) is 20.7. The molecule has 1 aliphatic carbocycles. The maximum absolute atomic E-state index is 13.0. The highest BCUT2D eigenvalue weighted by Crippen LogP contribution is 2.30. The van der Waals surface area contributed by atoms with Gasteiger partial charge in [-0.3, -0.25) is 9.59 Å². The second-order valence-corrected chi connectivity index (χ2v) is 11.7. The molecule has 202 valence electrons. The summed E-state index contributed by atoms with van der Waals surface area (Å²) in [5, 5.41) is 8.62. The van der Waals surface area contributed by atoms with Crippen LogP contribution in [0.25, 0.3) is 0 Å². The third-order valence-corrected chi connectivity index (χ3v) is 8.15. The molecule has 3 atom stereocenters. The van der Waals surface area contributed by atoms with Gasteiger partial charge in [-0.2, -0.15) is 13.2 Å². The zero-order valence-corrected chi connectivity index (χ0v) is 21.5. The lowest BCUT2D eigenvalue weighted by Gasteiger charge is -2.38. The number of benzene rings is 2. The predicted molar refractivity (Wildman–Crippen MR) is 134 cm³/mol. The summed E-state index contributed by atoms with van der Waals surface area (Å²) in [5.41, 5.74) is -1.15. The maximum Gasteiger partial charge on any atom is 0.416 e. The first-order valence-corrected chi connectivity index (χ1v) is 13.8. The number of sulfone groups is 1. The van der Waals surface area contributed by atoms with Gasteiger partial charge in [0.05, 0.1) is 22.8 Å². The molecule has 1 aliphatic rings. The predicted octanol–water partition coefficient (Wildman–Crippen LogP) is 3.56. The van der Waals surface area contributed by atoms with E-state index in [1.807, 2.05) is 13.8 Å². The van der Waals surface area contributed by atoms with Crippen molar-refractivity contribution in [2.24, 2.45) is 5.92 Å². The third kappa shape index (κ3) is 8.29. The van der Waals surface area contributed by atoms with E-state index < -0.39 is 39.9 Å². The van der Waals surface area contributed by atoms with Gasteiger partial charge in [-0.25, -0.2) is 8.42 Å². The molecule has 2 unspecified atom stereocenters. The largest absolute Gasteiger partial charge is 0.416 e. The summed E-state index contributed by atoms with van der Waals surface area (Å²) in [6, 6.07) is 12.0. The Morgan fingerprint density at radius 3 is 2.38 bits per heavy atom. The Balaban J connectivity index is 1.60. The summed E-state index contributed by atoms with van der Waals surface area (Å²) in [4.78, 5) is 25.0. The van der Waals surface area contributed by atoms with E-state index in [1.165, 1.54) is 6.07 Å². The smallest absolute Gasteiger partial charge is 0.352 e. The summed E-state index contributed by atoms with van der Waals surface area (Å²) in [5.74, 6) is -1.60.